The Morgan fingerprint density at radius 3 is 3.00 bits per heavy atom. The summed E-state index contributed by atoms with van der Waals surface area (Å²) in [6, 6.07) is 0. The van der Waals surface area contributed by atoms with Crippen molar-refractivity contribution in [3.05, 3.63) is 24.4 Å². The highest BCUT2D eigenvalue weighted by molar-refractivity contribution is 5.10. The first-order valence-corrected chi connectivity index (χ1v) is 4.47. The first-order valence-electron chi connectivity index (χ1n) is 4.47. The second-order valence-electron chi connectivity index (χ2n) is 3.61. The first-order chi connectivity index (χ1) is 5.41. The van der Waals surface area contributed by atoms with Gasteiger partial charge >= 0.3 is 0 Å². The zero-order valence-electron chi connectivity index (χ0n) is 6.84. The Labute approximate surface area is 68.2 Å². The maximum absolute atomic E-state index is 3.28. The molecule has 1 atom stereocenters. The predicted molar refractivity (Wildman–Crippen MR) is 47.2 cm³/mol. The Balaban J connectivity index is 2.11. The molecule has 0 aromatic rings. The lowest BCUT2D eigenvalue weighted by Gasteiger charge is -2.23. The largest absolute Gasteiger partial charge is 0.391 e. The average molecular weight is 149 g/mol. The predicted octanol–water partition coefficient (Wildman–Crippen LogP) is 2.22. The monoisotopic (exact) mass is 149 g/mol. The highest BCUT2D eigenvalue weighted by Crippen LogP contribution is 2.39. The van der Waals surface area contributed by atoms with Crippen molar-refractivity contribution in [3.8, 4) is 0 Å². The summed E-state index contributed by atoms with van der Waals surface area (Å²) < 4.78 is 0. The number of hydrogen-bond acceptors (Lipinski definition) is 1. The third-order valence-corrected chi connectivity index (χ3v) is 2.81. The van der Waals surface area contributed by atoms with Crippen LogP contribution in [0, 0.1) is 5.41 Å². The zero-order valence-corrected chi connectivity index (χ0v) is 6.84. The minimum atomic E-state index is 0.528. The lowest BCUT2D eigenvalue weighted by atomic mass is 9.81. The van der Waals surface area contributed by atoms with Crippen LogP contribution in [0.3, 0.4) is 0 Å². The average Bonchev–Trinajstić information content (AvgIpc) is 2.32. The third kappa shape index (κ3) is 1.32. The first kappa shape index (κ1) is 6.96. The fourth-order valence-electron chi connectivity index (χ4n) is 2.05. The molecule has 1 aliphatic heterocycles. The molecule has 1 unspecified atom stereocenters. The van der Waals surface area contributed by atoms with E-state index in [1.807, 2.05) is 0 Å². The summed E-state index contributed by atoms with van der Waals surface area (Å²) in [6.07, 6.45) is 14.3. The van der Waals surface area contributed by atoms with Gasteiger partial charge in [0.1, 0.15) is 0 Å². The van der Waals surface area contributed by atoms with Crippen LogP contribution in [0.2, 0.25) is 0 Å². The van der Waals surface area contributed by atoms with Gasteiger partial charge in [0.15, 0.2) is 0 Å². The smallest absolute Gasteiger partial charge is 0.0149 e. The quantitative estimate of drug-likeness (QED) is 0.521. The second kappa shape index (κ2) is 2.72. The molecule has 0 radical (unpaired) electrons. The number of allylic oxidation sites excluding steroid dienone is 3. The van der Waals surface area contributed by atoms with Gasteiger partial charge in [0.2, 0.25) is 0 Å². The van der Waals surface area contributed by atoms with Crippen LogP contribution in [0.15, 0.2) is 24.4 Å². The minimum Gasteiger partial charge on any atom is -0.391 e. The van der Waals surface area contributed by atoms with Crippen LogP contribution in [0.4, 0.5) is 0 Å². The third-order valence-electron chi connectivity index (χ3n) is 2.81. The normalized spacial score (nSPS) is 35.6. The molecule has 1 nitrogen and oxygen atoms in total. The number of nitrogens with one attached hydrogen (secondary N) is 1. The molecule has 2 aliphatic rings. The van der Waals surface area contributed by atoms with E-state index in [4.69, 9.17) is 0 Å². The van der Waals surface area contributed by atoms with Gasteiger partial charge in [-0.3, -0.25) is 0 Å². The van der Waals surface area contributed by atoms with E-state index < -0.39 is 0 Å². The zero-order chi connectivity index (χ0) is 7.57. The van der Waals surface area contributed by atoms with E-state index in [0.29, 0.717) is 5.41 Å². The lowest BCUT2D eigenvalue weighted by molar-refractivity contribution is 0.354. The van der Waals surface area contributed by atoms with Crippen molar-refractivity contribution in [2.24, 2.45) is 5.41 Å². The standard InChI is InChI=1S/C10H15N/c1-2-5-10(4-1)6-3-8-11-9-7-10/h1,3-4,8,11H,2,5-7,9H2. The van der Waals surface area contributed by atoms with Crippen LogP contribution in [-0.4, -0.2) is 6.54 Å². The molecule has 11 heavy (non-hydrogen) atoms. The van der Waals surface area contributed by atoms with Crippen LogP contribution in [0.5, 0.6) is 0 Å². The fourth-order valence-corrected chi connectivity index (χ4v) is 2.05. The Bertz CT molecular complexity index is 193. The van der Waals surface area contributed by atoms with E-state index in [0.717, 1.165) is 6.54 Å². The molecule has 0 saturated carbocycles. The molecule has 60 valence electrons. The molecule has 0 fully saturated rings. The molecule has 0 aromatic heterocycles. The summed E-state index contributed by atoms with van der Waals surface area (Å²) >= 11 is 0. The maximum atomic E-state index is 3.28. The molecule has 1 heteroatoms. The van der Waals surface area contributed by atoms with Crippen molar-refractivity contribution >= 4 is 0 Å². The van der Waals surface area contributed by atoms with Crippen molar-refractivity contribution in [2.45, 2.75) is 25.7 Å². The van der Waals surface area contributed by atoms with Gasteiger partial charge in [-0.25, -0.2) is 0 Å². The summed E-state index contributed by atoms with van der Waals surface area (Å²) in [7, 11) is 0. The van der Waals surface area contributed by atoms with E-state index in [1.165, 1.54) is 25.7 Å². The lowest BCUT2D eigenvalue weighted by Crippen LogP contribution is -2.18. The van der Waals surface area contributed by atoms with E-state index in [9.17, 15) is 0 Å². The van der Waals surface area contributed by atoms with Crippen LogP contribution >= 0.6 is 0 Å². The number of rotatable bonds is 0. The summed E-state index contributed by atoms with van der Waals surface area (Å²) in [5, 5.41) is 3.28. The topological polar surface area (TPSA) is 12.0 Å². The Hall–Kier alpha value is -0.720. The van der Waals surface area contributed by atoms with Crippen molar-refractivity contribution < 1.29 is 0 Å². The molecule has 2 rings (SSSR count). The fraction of sp³-hybridized carbons (Fsp3) is 0.600. The van der Waals surface area contributed by atoms with Crippen LogP contribution in [0.25, 0.3) is 0 Å². The van der Waals surface area contributed by atoms with Gasteiger partial charge in [0.25, 0.3) is 0 Å². The van der Waals surface area contributed by atoms with Crippen molar-refractivity contribution in [1.29, 1.82) is 0 Å². The highest BCUT2D eigenvalue weighted by Gasteiger charge is 2.28. The number of hydrogen-bond donors (Lipinski definition) is 1. The van der Waals surface area contributed by atoms with Gasteiger partial charge in [0, 0.05) is 6.54 Å². The van der Waals surface area contributed by atoms with Crippen molar-refractivity contribution in [1.82, 2.24) is 5.32 Å². The Morgan fingerprint density at radius 1 is 1.18 bits per heavy atom. The molecule has 1 aliphatic carbocycles. The molecule has 1 spiro atoms. The highest BCUT2D eigenvalue weighted by atomic mass is 14.8. The van der Waals surface area contributed by atoms with Gasteiger partial charge in [-0.1, -0.05) is 18.2 Å². The molecule has 0 amide bonds. The summed E-state index contributed by atoms with van der Waals surface area (Å²) in [5.41, 5.74) is 0.528. The molecular formula is C10H15N. The van der Waals surface area contributed by atoms with Crippen molar-refractivity contribution in [2.75, 3.05) is 6.54 Å². The molecular weight excluding hydrogens is 134 g/mol. The van der Waals surface area contributed by atoms with Gasteiger partial charge in [0.05, 0.1) is 0 Å². The molecule has 1 heterocycles. The van der Waals surface area contributed by atoms with Gasteiger partial charge in [-0.15, -0.1) is 0 Å². The van der Waals surface area contributed by atoms with E-state index in [-0.39, 0.29) is 0 Å². The molecule has 1 N–H and O–H groups in total. The summed E-state index contributed by atoms with van der Waals surface area (Å²) in [5.74, 6) is 0. The van der Waals surface area contributed by atoms with E-state index in [1.54, 1.807) is 0 Å². The Morgan fingerprint density at radius 2 is 2.18 bits per heavy atom. The van der Waals surface area contributed by atoms with Crippen LogP contribution < -0.4 is 5.32 Å². The second-order valence-corrected chi connectivity index (χ2v) is 3.61. The minimum absolute atomic E-state index is 0.528. The van der Waals surface area contributed by atoms with Gasteiger partial charge in [-0.2, -0.15) is 0 Å². The SMILES string of the molecule is C1=CC2(CC=CNCC2)CC1. The molecule has 0 aromatic carbocycles. The van der Waals surface area contributed by atoms with E-state index in [2.05, 4.69) is 29.7 Å². The van der Waals surface area contributed by atoms with Gasteiger partial charge in [-0.05, 0) is 37.3 Å². The molecule has 0 bridgehead atoms. The van der Waals surface area contributed by atoms with Crippen LogP contribution in [0.1, 0.15) is 25.7 Å². The maximum Gasteiger partial charge on any atom is 0.0149 e. The summed E-state index contributed by atoms with van der Waals surface area (Å²) in [4.78, 5) is 0. The van der Waals surface area contributed by atoms with Crippen LogP contribution in [-0.2, 0) is 0 Å². The van der Waals surface area contributed by atoms with Gasteiger partial charge < -0.3 is 5.32 Å². The Kier molecular flexibility index (Phi) is 1.72. The molecule has 0 saturated heterocycles. The van der Waals surface area contributed by atoms with E-state index >= 15 is 0 Å². The summed E-state index contributed by atoms with van der Waals surface area (Å²) in [6.45, 7) is 1.14. The van der Waals surface area contributed by atoms with Crippen molar-refractivity contribution in [3.63, 3.8) is 0 Å².